The van der Waals surface area contributed by atoms with Crippen molar-refractivity contribution in [3.8, 4) is 0 Å². The molecule has 1 rings (SSSR count). The normalized spacial score (nSPS) is 35.1. The minimum atomic E-state index is -0.611. The van der Waals surface area contributed by atoms with E-state index in [2.05, 4.69) is 5.32 Å². The zero-order valence-corrected chi connectivity index (χ0v) is 12.0. The number of methoxy groups -OCH3 is 4. The van der Waals surface area contributed by atoms with Crippen LogP contribution in [0.1, 0.15) is 6.92 Å². The highest BCUT2D eigenvalue weighted by Crippen LogP contribution is 2.26. The summed E-state index contributed by atoms with van der Waals surface area (Å²) in [4.78, 5) is 11.3. The van der Waals surface area contributed by atoms with Crippen molar-refractivity contribution in [2.75, 3.05) is 35.0 Å². The van der Waals surface area contributed by atoms with Crippen LogP contribution in [0, 0.1) is 0 Å². The number of hydrogen-bond acceptors (Lipinski definition) is 6. The summed E-state index contributed by atoms with van der Waals surface area (Å²) in [5.74, 6) is -0.183. The SMILES string of the molecule is COC[C@H]1O[C@H](OC)[C@H](NC(C)=O)[C@@H](OC)[C@H]1OC. The molecule has 1 N–H and O–H groups in total. The van der Waals surface area contributed by atoms with Gasteiger partial charge in [0.05, 0.1) is 6.61 Å². The average Bonchev–Trinajstić information content (AvgIpc) is 2.38. The molecule has 1 amide bonds. The average molecular weight is 277 g/mol. The first-order valence-electron chi connectivity index (χ1n) is 6.08. The highest BCUT2D eigenvalue weighted by molar-refractivity contribution is 5.73. The van der Waals surface area contributed by atoms with Gasteiger partial charge in [0.15, 0.2) is 6.29 Å². The molecule has 0 spiro atoms. The van der Waals surface area contributed by atoms with E-state index in [0.29, 0.717) is 6.61 Å². The maximum Gasteiger partial charge on any atom is 0.217 e. The van der Waals surface area contributed by atoms with Crippen molar-refractivity contribution in [1.29, 1.82) is 0 Å². The largest absolute Gasteiger partial charge is 0.382 e. The van der Waals surface area contributed by atoms with Gasteiger partial charge in [-0.1, -0.05) is 0 Å². The Morgan fingerprint density at radius 1 is 1.11 bits per heavy atom. The zero-order chi connectivity index (χ0) is 14.4. The third-order valence-electron chi connectivity index (χ3n) is 3.12. The molecule has 1 aliphatic heterocycles. The molecule has 7 nitrogen and oxygen atoms in total. The van der Waals surface area contributed by atoms with Gasteiger partial charge in [0.25, 0.3) is 0 Å². The highest BCUT2D eigenvalue weighted by Gasteiger charge is 2.47. The lowest BCUT2D eigenvalue weighted by atomic mass is 9.96. The topological polar surface area (TPSA) is 75.2 Å². The summed E-state index contributed by atoms with van der Waals surface area (Å²) >= 11 is 0. The van der Waals surface area contributed by atoms with Crippen molar-refractivity contribution in [1.82, 2.24) is 5.32 Å². The predicted octanol–water partition coefficient (Wildman–Crippen LogP) is -0.461. The lowest BCUT2D eigenvalue weighted by Crippen LogP contribution is -2.65. The molecule has 0 unspecified atom stereocenters. The third-order valence-corrected chi connectivity index (χ3v) is 3.12. The van der Waals surface area contributed by atoms with Gasteiger partial charge in [-0.15, -0.1) is 0 Å². The molecule has 0 aromatic rings. The smallest absolute Gasteiger partial charge is 0.217 e. The van der Waals surface area contributed by atoms with Crippen molar-refractivity contribution >= 4 is 5.91 Å². The van der Waals surface area contributed by atoms with Gasteiger partial charge in [0.2, 0.25) is 5.91 Å². The van der Waals surface area contributed by atoms with Gasteiger partial charge in [-0.3, -0.25) is 4.79 Å². The number of nitrogens with one attached hydrogen (secondary N) is 1. The van der Waals surface area contributed by atoms with Crippen LogP contribution >= 0.6 is 0 Å². The first-order chi connectivity index (χ1) is 9.08. The molecule has 0 saturated carbocycles. The molecule has 112 valence electrons. The van der Waals surface area contributed by atoms with Crippen LogP contribution in [-0.4, -0.2) is 71.6 Å². The van der Waals surface area contributed by atoms with Gasteiger partial charge in [0.1, 0.15) is 24.4 Å². The Morgan fingerprint density at radius 3 is 2.16 bits per heavy atom. The summed E-state index contributed by atoms with van der Waals surface area (Å²) in [7, 11) is 6.23. The predicted molar refractivity (Wildman–Crippen MR) is 66.7 cm³/mol. The lowest BCUT2D eigenvalue weighted by Gasteiger charge is -2.44. The van der Waals surface area contributed by atoms with Crippen LogP contribution in [-0.2, 0) is 28.5 Å². The summed E-state index contributed by atoms with van der Waals surface area (Å²) in [6.07, 6.45) is -1.67. The quantitative estimate of drug-likeness (QED) is 0.708. The molecule has 0 aromatic heterocycles. The van der Waals surface area contributed by atoms with Gasteiger partial charge in [-0.25, -0.2) is 0 Å². The fourth-order valence-corrected chi connectivity index (χ4v) is 2.36. The second kappa shape index (κ2) is 7.76. The zero-order valence-electron chi connectivity index (χ0n) is 12.0. The van der Waals surface area contributed by atoms with Crippen molar-refractivity contribution in [2.45, 2.75) is 37.6 Å². The lowest BCUT2D eigenvalue weighted by molar-refractivity contribution is -0.272. The van der Waals surface area contributed by atoms with Crippen LogP contribution in [0.3, 0.4) is 0 Å². The standard InChI is InChI=1S/C12H23NO6/c1-7(14)13-9-11(17-4)10(16-3)8(6-15-2)19-12(9)18-5/h8-12H,6H2,1-5H3,(H,13,14)/t8-,9-,10+,11-,12+/m1/s1. The summed E-state index contributed by atoms with van der Waals surface area (Å²) < 4.78 is 27.0. The first-order valence-corrected chi connectivity index (χ1v) is 6.08. The second-order valence-electron chi connectivity index (χ2n) is 4.36. The van der Waals surface area contributed by atoms with E-state index in [1.807, 2.05) is 0 Å². The van der Waals surface area contributed by atoms with Gasteiger partial charge in [-0.2, -0.15) is 0 Å². The van der Waals surface area contributed by atoms with E-state index >= 15 is 0 Å². The Balaban J connectivity index is 2.92. The Morgan fingerprint density at radius 2 is 1.74 bits per heavy atom. The van der Waals surface area contributed by atoms with E-state index < -0.39 is 12.3 Å². The maximum atomic E-state index is 11.3. The number of hydrogen-bond donors (Lipinski definition) is 1. The van der Waals surface area contributed by atoms with Gasteiger partial charge >= 0.3 is 0 Å². The molecule has 1 aliphatic rings. The summed E-state index contributed by atoms with van der Waals surface area (Å²) in [6.45, 7) is 1.79. The number of rotatable bonds is 6. The fourth-order valence-electron chi connectivity index (χ4n) is 2.36. The second-order valence-corrected chi connectivity index (χ2v) is 4.36. The molecule has 1 fully saturated rings. The number of amides is 1. The Kier molecular flexibility index (Phi) is 6.67. The maximum absolute atomic E-state index is 11.3. The fraction of sp³-hybridized carbons (Fsp3) is 0.917. The molecule has 19 heavy (non-hydrogen) atoms. The van der Waals surface area contributed by atoms with E-state index in [1.165, 1.54) is 14.0 Å². The van der Waals surface area contributed by atoms with E-state index in [-0.39, 0.29) is 24.2 Å². The van der Waals surface area contributed by atoms with Crippen LogP contribution < -0.4 is 5.32 Å². The summed E-state index contributed by atoms with van der Waals surface area (Å²) in [5, 5.41) is 2.78. The molecule has 1 saturated heterocycles. The van der Waals surface area contributed by atoms with Gasteiger partial charge in [0, 0.05) is 35.4 Å². The molecule has 0 aromatic carbocycles. The van der Waals surface area contributed by atoms with Crippen LogP contribution in [0.25, 0.3) is 0 Å². The molecular formula is C12H23NO6. The third kappa shape index (κ3) is 3.87. The first kappa shape index (κ1) is 16.3. The Hall–Kier alpha value is -0.730. The van der Waals surface area contributed by atoms with Crippen molar-refractivity contribution in [3.63, 3.8) is 0 Å². The van der Waals surface area contributed by atoms with E-state index in [0.717, 1.165) is 0 Å². The highest BCUT2D eigenvalue weighted by atomic mass is 16.7. The van der Waals surface area contributed by atoms with Crippen molar-refractivity contribution < 1.29 is 28.5 Å². The minimum absolute atomic E-state index is 0.183. The molecule has 1 heterocycles. The van der Waals surface area contributed by atoms with Crippen LogP contribution in [0.5, 0.6) is 0 Å². The molecular weight excluding hydrogens is 254 g/mol. The van der Waals surface area contributed by atoms with Gasteiger partial charge < -0.3 is 29.0 Å². The molecule has 5 atom stereocenters. The van der Waals surface area contributed by atoms with E-state index in [1.54, 1.807) is 21.3 Å². The van der Waals surface area contributed by atoms with Crippen LogP contribution in [0.4, 0.5) is 0 Å². The van der Waals surface area contributed by atoms with E-state index in [9.17, 15) is 4.79 Å². The van der Waals surface area contributed by atoms with Gasteiger partial charge in [-0.05, 0) is 0 Å². The summed E-state index contributed by atoms with van der Waals surface area (Å²) in [5.41, 5.74) is 0. The number of carbonyl (C=O) groups is 1. The van der Waals surface area contributed by atoms with E-state index in [4.69, 9.17) is 23.7 Å². The minimum Gasteiger partial charge on any atom is -0.382 e. The Labute approximate surface area is 113 Å². The van der Waals surface area contributed by atoms with Crippen molar-refractivity contribution in [3.05, 3.63) is 0 Å². The molecule has 0 aliphatic carbocycles. The molecule has 0 bridgehead atoms. The monoisotopic (exact) mass is 277 g/mol. The van der Waals surface area contributed by atoms with Crippen LogP contribution in [0.2, 0.25) is 0 Å². The van der Waals surface area contributed by atoms with Crippen molar-refractivity contribution in [2.24, 2.45) is 0 Å². The molecule has 7 heteroatoms. The Bertz CT molecular complexity index is 287. The number of ether oxygens (including phenoxy) is 5. The number of carbonyl (C=O) groups excluding carboxylic acids is 1. The van der Waals surface area contributed by atoms with Crippen LogP contribution in [0.15, 0.2) is 0 Å². The molecule has 0 radical (unpaired) electrons. The summed E-state index contributed by atoms with van der Waals surface area (Å²) in [6, 6.07) is -0.439.